The van der Waals surface area contributed by atoms with Gasteiger partial charge in [-0.3, -0.25) is 0 Å². The van der Waals surface area contributed by atoms with Gasteiger partial charge in [0.25, 0.3) is 0 Å². The van der Waals surface area contributed by atoms with Crippen LogP contribution in [0.15, 0.2) is 60.7 Å². The van der Waals surface area contributed by atoms with Gasteiger partial charge < -0.3 is 9.97 Å². The van der Waals surface area contributed by atoms with E-state index >= 15 is 0 Å². The minimum Gasteiger partial charge on any atom is -0.477 e. The fourth-order valence-electron chi connectivity index (χ4n) is 1.86. The van der Waals surface area contributed by atoms with Gasteiger partial charge in [-0.2, -0.15) is 22.9 Å². The van der Waals surface area contributed by atoms with Gasteiger partial charge >= 0.3 is 0 Å². The largest absolute Gasteiger partial charge is 0.477 e. The van der Waals surface area contributed by atoms with Gasteiger partial charge in [-0.05, 0) is 0 Å². The second kappa shape index (κ2) is 6.53. The normalized spacial score (nSPS) is 9.68. The number of hydrogen-bond donors (Lipinski definition) is 2. The smallest absolute Gasteiger partial charge is 0 e. The molecule has 19 heavy (non-hydrogen) atoms. The van der Waals surface area contributed by atoms with Crippen molar-refractivity contribution >= 4 is 21.8 Å². The van der Waals surface area contributed by atoms with Crippen molar-refractivity contribution < 1.29 is 25.8 Å². The number of nitrogens with one attached hydrogen (secondary N) is 2. The van der Waals surface area contributed by atoms with E-state index < -0.39 is 0 Å². The van der Waals surface area contributed by atoms with Crippen LogP contribution in [0.2, 0.25) is 0 Å². The van der Waals surface area contributed by atoms with Gasteiger partial charge in [-0.15, -0.1) is 47.7 Å². The molecule has 91 valence electrons. The van der Waals surface area contributed by atoms with Gasteiger partial charge in [-0.1, -0.05) is 24.3 Å². The van der Waals surface area contributed by atoms with Gasteiger partial charge in [0, 0.05) is 25.8 Å². The zero-order valence-corrected chi connectivity index (χ0v) is 12.2. The van der Waals surface area contributed by atoms with Gasteiger partial charge in [0.1, 0.15) is 0 Å². The Labute approximate surface area is 130 Å². The number of aromatic amines is 2. The molecule has 2 N–H and O–H groups in total. The van der Waals surface area contributed by atoms with Crippen molar-refractivity contribution in [3.8, 4) is 0 Å². The first kappa shape index (κ1) is 13.8. The summed E-state index contributed by atoms with van der Waals surface area (Å²) in [6.45, 7) is 0. The SMILES string of the molecule is [Sc].[c-]1cc2ccccc2[nH]1.[c-]1cc2ccccc2[nH]1. The number of rotatable bonds is 0. The van der Waals surface area contributed by atoms with Crippen LogP contribution in [0.5, 0.6) is 0 Å². The zero-order chi connectivity index (χ0) is 12.2. The molecule has 0 unspecified atom stereocenters. The third-order valence-corrected chi connectivity index (χ3v) is 2.79. The van der Waals surface area contributed by atoms with E-state index in [0.29, 0.717) is 0 Å². The average molecular weight is 277 g/mol. The Morgan fingerprint density at radius 2 is 1.05 bits per heavy atom. The molecular formula is C16H12N2Sc-2. The van der Waals surface area contributed by atoms with Crippen molar-refractivity contribution in [3.05, 3.63) is 73.1 Å². The molecule has 0 fully saturated rings. The van der Waals surface area contributed by atoms with Crippen LogP contribution in [-0.2, 0) is 25.8 Å². The van der Waals surface area contributed by atoms with Crippen LogP contribution < -0.4 is 0 Å². The summed E-state index contributed by atoms with van der Waals surface area (Å²) in [5, 5.41) is 2.44. The maximum absolute atomic E-state index is 2.99. The molecule has 4 aromatic rings. The summed E-state index contributed by atoms with van der Waals surface area (Å²) in [4.78, 5) is 5.99. The van der Waals surface area contributed by atoms with Crippen molar-refractivity contribution in [2.75, 3.05) is 0 Å². The third-order valence-electron chi connectivity index (χ3n) is 2.79. The molecule has 0 spiro atoms. The van der Waals surface area contributed by atoms with E-state index in [0.717, 1.165) is 11.0 Å². The number of aromatic nitrogens is 2. The van der Waals surface area contributed by atoms with E-state index in [1.807, 2.05) is 48.5 Å². The van der Waals surface area contributed by atoms with Gasteiger partial charge in [0.05, 0.1) is 0 Å². The predicted octanol–water partition coefficient (Wildman–Crippen LogP) is 3.93. The maximum Gasteiger partial charge on any atom is 0 e. The topological polar surface area (TPSA) is 31.6 Å². The molecule has 2 heterocycles. The van der Waals surface area contributed by atoms with Crippen molar-refractivity contribution in [1.82, 2.24) is 9.97 Å². The second-order valence-corrected chi connectivity index (χ2v) is 4.00. The minimum absolute atomic E-state index is 0. The van der Waals surface area contributed by atoms with Gasteiger partial charge in [-0.25, -0.2) is 0 Å². The summed E-state index contributed by atoms with van der Waals surface area (Å²) in [6, 6.07) is 20.1. The minimum atomic E-state index is 0. The molecule has 0 amide bonds. The van der Waals surface area contributed by atoms with E-state index in [-0.39, 0.29) is 25.8 Å². The average Bonchev–Trinajstić information content (AvgIpc) is 3.08. The van der Waals surface area contributed by atoms with Crippen LogP contribution in [0, 0.1) is 12.4 Å². The van der Waals surface area contributed by atoms with Crippen molar-refractivity contribution in [3.63, 3.8) is 0 Å². The zero-order valence-electron chi connectivity index (χ0n) is 10.4. The Kier molecular flexibility index (Phi) is 4.74. The Bertz CT molecular complexity index is 629. The molecule has 4 rings (SSSR count). The van der Waals surface area contributed by atoms with Crippen LogP contribution in [0.3, 0.4) is 0 Å². The first-order chi connectivity index (χ1) is 8.93. The third kappa shape index (κ3) is 3.24. The van der Waals surface area contributed by atoms with E-state index in [1.165, 1.54) is 10.8 Å². The molecule has 0 bridgehead atoms. The Hall–Kier alpha value is -1.61. The number of hydrogen-bond acceptors (Lipinski definition) is 0. The quantitative estimate of drug-likeness (QED) is 0.456. The first-order valence-electron chi connectivity index (χ1n) is 5.81. The summed E-state index contributed by atoms with van der Waals surface area (Å²) in [5.74, 6) is 0. The molecule has 2 aromatic carbocycles. The molecule has 3 heteroatoms. The fourth-order valence-corrected chi connectivity index (χ4v) is 1.86. The van der Waals surface area contributed by atoms with E-state index in [2.05, 4.69) is 34.5 Å². The van der Waals surface area contributed by atoms with Crippen molar-refractivity contribution in [1.29, 1.82) is 0 Å². The monoisotopic (exact) mass is 277 g/mol. The summed E-state index contributed by atoms with van der Waals surface area (Å²) in [5.41, 5.74) is 2.30. The fraction of sp³-hybridized carbons (Fsp3) is 0. The first-order valence-corrected chi connectivity index (χ1v) is 5.81. The van der Waals surface area contributed by atoms with E-state index in [1.54, 1.807) is 0 Å². The van der Waals surface area contributed by atoms with E-state index in [9.17, 15) is 0 Å². The summed E-state index contributed by atoms with van der Waals surface area (Å²) < 4.78 is 0. The van der Waals surface area contributed by atoms with Gasteiger partial charge in [0.2, 0.25) is 0 Å². The summed E-state index contributed by atoms with van der Waals surface area (Å²) >= 11 is 0. The Morgan fingerprint density at radius 3 is 1.47 bits per heavy atom. The number of fused-ring (bicyclic) bond motifs is 2. The summed E-state index contributed by atoms with van der Waals surface area (Å²) in [6.07, 6.45) is 5.83. The van der Waals surface area contributed by atoms with Gasteiger partial charge in [0.15, 0.2) is 0 Å². The molecule has 0 aliphatic carbocycles. The standard InChI is InChI=1S/2C8H6N.Sc/c2*1-2-4-8-7(3-1)5-6-9-8;/h2*1-5,9H;/q2*-1;. The molecule has 1 radical (unpaired) electrons. The van der Waals surface area contributed by atoms with Crippen LogP contribution in [-0.4, -0.2) is 9.97 Å². The molecular weight excluding hydrogens is 265 g/mol. The molecule has 0 aliphatic rings. The number of para-hydroxylation sites is 2. The molecule has 0 saturated carbocycles. The Morgan fingerprint density at radius 1 is 0.632 bits per heavy atom. The molecule has 2 aromatic heterocycles. The Balaban J connectivity index is 0.000000133. The number of benzene rings is 2. The molecule has 0 atom stereocenters. The second-order valence-electron chi connectivity index (χ2n) is 4.00. The summed E-state index contributed by atoms with van der Waals surface area (Å²) in [7, 11) is 0. The molecule has 2 nitrogen and oxygen atoms in total. The molecule has 0 saturated heterocycles. The maximum atomic E-state index is 2.99. The van der Waals surface area contributed by atoms with Crippen molar-refractivity contribution in [2.45, 2.75) is 0 Å². The molecule has 0 aliphatic heterocycles. The number of H-pyrrole nitrogens is 2. The van der Waals surface area contributed by atoms with Crippen LogP contribution in [0.1, 0.15) is 0 Å². The predicted molar refractivity (Wildman–Crippen MR) is 74.3 cm³/mol. The van der Waals surface area contributed by atoms with Crippen LogP contribution in [0.4, 0.5) is 0 Å². The van der Waals surface area contributed by atoms with Crippen LogP contribution in [0.25, 0.3) is 21.8 Å². The van der Waals surface area contributed by atoms with Crippen LogP contribution >= 0.6 is 0 Å². The van der Waals surface area contributed by atoms with Crippen molar-refractivity contribution in [2.24, 2.45) is 0 Å². The van der Waals surface area contributed by atoms with E-state index in [4.69, 9.17) is 0 Å².